The number of rotatable bonds is 11. The number of anilines is 1. The Bertz CT molecular complexity index is 1230. The number of esters is 2. The van der Waals surface area contributed by atoms with Crippen LogP contribution in [0.15, 0.2) is 48.5 Å². The minimum Gasteiger partial charge on any atom is -0.462 e. The molecule has 2 aromatic carbocycles. The Morgan fingerprint density at radius 1 is 1.08 bits per heavy atom. The number of para-hydroxylation sites is 1. The average Bonchev–Trinajstić information content (AvgIpc) is 3.27. The molecular weight excluding hydrogens is 500 g/mol. The van der Waals surface area contributed by atoms with Crippen LogP contribution in [0.5, 0.6) is 0 Å². The minimum absolute atomic E-state index is 0.221. The molecule has 3 rings (SSSR count). The van der Waals surface area contributed by atoms with Gasteiger partial charge in [0.2, 0.25) is 5.91 Å². The maximum absolute atomic E-state index is 12.4. The number of unbranched alkanes of at least 4 members (excludes halogenated alkanes) is 1. The number of hydrazine groups is 1. The molecule has 1 saturated heterocycles. The number of carbonyl (C=O) groups is 5. The summed E-state index contributed by atoms with van der Waals surface area (Å²) in [6, 6.07) is 11.2. The summed E-state index contributed by atoms with van der Waals surface area (Å²) in [4.78, 5) is 71.6. The third-order valence-electron chi connectivity index (χ3n) is 5.52. The molecule has 1 fully saturated rings. The fraction of sp³-hybridized carbons (Fsp3) is 0.320. The molecule has 1 heterocycles. The van der Waals surface area contributed by atoms with Crippen molar-refractivity contribution in [1.82, 2.24) is 10.4 Å². The molecule has 0 aliphatic carbocycles. The van der Waals surface area contributed by atoms with Gasteiger partial charge in [0.15, 0.2) is 6.61 Å². The van der Waals surface area contributed by atoms with Gasteiger partial charge in [-0.3, -0.25) is 39.7 Å². The Kier molecular flexibility index (Phi) is 9.46. The van der Waals surface area contributed by atoms with E-state index < -0.39 is 52.8 Å². The largest absolute Gasteiger partial charge is 0.462 e. The monoisotopic (exact) mass is 526 g/mol. The van der Waals surface area contributed by atoms with E-state index in [4.69, 9.17) is 9.47 Å². The molecule has 0 saturated carbocycles. The Hall–Kier alpha value is -4.81. The summed E-state index contributed by atoms with van der Waals surface area (Å²) in [5.41, 5.74) is 2.30. The maximum atomic E-state index is 12.4. The van der Waals surface area contributed by atoms with E-state index in [1.54, 1.807) is 0 Å². The van der Waals surface area contributed by atoms with Gasteiger partial charge in [-0.25, -0.2) is 4.79 Å². The van der Waals surface area contributed by atoms with Gasteiger partial charge in [0.05, 0.1) is 29.6 Å². The molecule has 0 bridgehead atoms. The molecule has 3 amide bonds. The normalized spacial score (nSPS) is 14.5. The highest BCUT2D eigenvalue weighted by molar-refractivity contribution is 6.00. The lowest BCUT2D eigenvalue weighted by Gasteiger charge is -2.17. The van der Waals surface area contributed by atoms with E-state index in [9.17, 15) is 34.1 Å². The first kappa shape index (κ1) is 27.8. The van der Waals surface area contributed by atoms with Crippen LogP contribution in [0.1, 0.15) is 46.9 Å². The highest BCUT2D eigenvalue weighted by atomic mass is 16.6. The van der Waals surface area contributed by atoms with Crippen LogP contribution >= 0.6 is 0 Å². The number of nitro benzene ring substituents is 1. The van der Waals surface area contributed by atoms with Crippen molar-refractivity contribution >= 4 is 41.0 Å². The third kappa shape index (κ3) is 7.35. The van der Waals surface area contributed by atoms with Crippen LogP contribution in [0.4, 0.5) is 11.4 Å². The summed E-state index contributed by atoms with van der Waals surface area (Å²) in [6.45, 7) is 1.47. The van der Waals surface area contributed by atoms with E-state index in [0.717, 1.165) is 23.9 Å². The topological polar surface area (TPSA) is 174 Å². The third-order valence-corrected chi connectivity index (χ3v) is 5.52. The average molecular weight is 527 g/mol. The molecule has 1 atom stereocenters. The van der Waals surface area contributed by atoms with Crippen molar-refractivity contribution in [2.45, 2.75) is 26.2 Å². The van der Waals surface area contributed by atoms with E-state index in [-0.39, 0.29) is 18.5 Å². The first-order valence-electron chi connectivity index (χ1n) is 11.8. The molecule has 2 aromatic rings. The number of amides is 3. The maximum Gasteiger partial charge on any atom is 0.338 e. The number of hydrogen-bond acceptors (Lipinski definition) is 9. The van der Waals surface area contributed by atoms with Crippen LogP contribution in [0.25, 0.3) is 0 Å². The molecule has 0 unspecified atom stereocenters. The van der Waals surface area contributed by atoms with Gasteiger partial charge in [0.1, 0.15) is 5.56 Å². The number of nitrogens with one attached hydrogen (secondary N) is 2. The van der Waals surface area contributed by atoms with Gasteiger partial charge in [0.25, 0.3) is 17.5 Å². The van der Waals surface area contributed by atoms with Gasteiger partial charge < -0.3 is 14.8 Å². The molecule has 0 aromatic heterocycles. The molecule has 38 heavy (non-hydrogen) atoms. The quantitative estimate of drug-likeness (QED) is 0.192. The van der Waals surface area contributed by atoms with E-state index in [0.29, 0.717) is 17.9 Å². The molecule has 13 nitrogen and oxygen atoms in total. The standard InChI is InChI=1S/C25H26N4O9/c1-2-3-12-37-24(33)16-8-10-18(11-9-16)26-21(30)15-38-25(34)17-13-22(31)28(14-17)27-23(32)19-6-4-5-7-20(19)29(35)36/h4-11,17H,2-3,12-15H2,1H3,(H,26,30)(H,27,32)/t17-/m1/s1. The fourth-order valence-corrected chi connectivity index (χ4v) is 3.52. The molecule has 13 heteroatoms. The predicted octanol–water partition coefficient (Wildman–Crippen LogP) is 2.23. The Balaban J connectivity index is 1.46. The molecule has 0 radical (unpaired) electrons. The van der Waals surface area contributed by atoms with Gasteiger partial charge in [0, 0.05) is 18.2 Å². The van der Waals surface area contributed by atoms with E-state index >= 15 is 0 Å². The number of nitrogens with zero attached hydrogens (tertiary/aromatic N) is 2. The number of nitro groups is 1. The molecule has 0 spiro atoms. The zero-order valence-electron chi connectivity index (χ0n) is 20.5. The predicted molar refractivity (Wildman–Crippen MR) is 132 cm³/mol. The van der Waals surface area contributed by atoms with Gasteiger partial charge >= 0.3 is 11.9 Å². The van der Waals surface area contributed by atoms with Crippen molar-refractivity contribution in [1.29, 1.82) is 0 Å². The molecule has 2 N–H and O–H groups in total. The lowest BCUT2D eigenvalue weighted by molar-refractivity contribution is -0.385. The van der Waals surface area contributed by atoms with Gasteiger partial charge in [-0.2, -0.15) is 0 Å². The van der Waals surface area contributed by atoms with Crippen LogP contribution in [-0.4, -0.2) is 59.4 Å². The van der Waals surface area contributed by atoms with Gasteiger partial charge in [-0.15, -0.1) is 0 Å². The Labute approximate surface area is 217 Å². The van der Waals surface area contributed by atoms with Crippen LogP contribution in [-0.2, 0) is 23.9 Å². The summed E-state index contributed by atoms with van der Waals surface area (Å²) < 4.78 is 10.1. The number of benzene rings is 2. The van der Waals surface area contributed by atoms with E-state index in [1.807, 2.05) is 6.92 Å². The van der Waals surface area contributed by atoms with Crippen LogP contribution in [0.2, 0.25) is 0 Å². The van der Waals surface area contributed by atoms with Crippen LogP contribution < -0.4 is 10.7 Å². The van der Waals surface area contributed by atoms with Crippen molar-refractivity contribution in [3.05, 3.63) is 69.8 Å². The second-order valence-electron chi connectivity index (χ2n) is 8.34. The van der Waals surface area contributed by atoms with Gasteiger partial charge in [-0.1, -0.05) is 25.5 Å². The van der Waals surface area contributed by atoms with Gasteiger partial charge in [-0.05, 0) is 36.8 Å². The number of carbonyl (C=O) groups excluding carboxylic acids is 5. The van der Waals surface area contributed by atoms with E-state index in [1.165, 1.54) is 42.5 Å². The van der Waals surface area contributed by atoms with E-state index in [2.05, 4.69) is 10.7 Å². The summed E-state index contributed by atoms with van der Waals surface area (Å²) in [6.07, 6.45) is 1.39. The number of ether oxygens (including phenoxy) is 2. The fourth-order valence-electron chi connectivity index (χ4n) is 3.52. The van der Waals surface area contributed by atoms with Crippen molar-refractivity contribution in [3.63, 3.8) is 0 Å². The minimum atomic E-state index is -0.945. The van der Waals surface area contributed by atoms with Crippen molar-refractivity contribution in [3.8, 4) is 0 Å². The second-order valence-corrected chi connectivity index (χ2v) is 8.34. The summed E-state index contributed by atoms with van der Waals surface area (Å²) in [7, 11) is 0. The second kappa shape index (κ2) is 12.9. The van der Waals surface area contributed by atoms with Crippen molar-refractivity contribution in [2.24, 2.45) is 5.92 Å². The highest BCUT2D eigenvalue weighted by Crippen LogP contribution is 2.21. The number of hydrogen-bond donors (Lipinski definition) is 2. The summed E-state index contributed by atoms with van der Waals surface area (Å²) in [5.74, 6) is -4.33. The summed E-state index contributed by atoms with van der Waals surface area (Å²) in [5, 5.41) is 14.5. The first-order valence-corrected chi connectivity index (χ1v) is 11.8. The lowest BCUT2D eigenvalue weighted by atomic mass is 10.1. The SMILES string of the molecule is CCCCOC(=O)c1ccc(NC(=O)COC(=O)[C@@H]2CC(=O)N(NC(=O)c3ccccc3[N+](=O)[O-])C2)cc1. The zero-order chi connectivity index (χ0) is 27.7. The molecule has 1 aliphatic heterocycles. The first-order chi connectivity index (χ1) is 18.2. The Morgan fingerprint density at radius 3 is 2.47 bits per heavy atom. The van der Waals surface area contributed by atoms with Crippen molar-refractivity contribution < 1.29 is 38.4 Å². The lowest BCUT2D eigenvalue weighted by Crippen LogP contribution is -2.43. The summed E-state index contributed by atoms with van der Waals surface area (Å²) >= 11 is 0. The van der Waals surface area contributed by atoms with Crippen LogP contribution in [0.3, 0.4) is 0 Å². The smallest absolute Gasteiger partial charge is 0.338 e. The van der Waals surface area contributed by atoms with Crippen LogP contribution in [0, 0.1) is 16.0 Å². The van der Waals surface area contributed by atoms with Crippen molar-refractivity contribution in [2.75, 3.05) is 25.1 Å². The molecular formula is C25H26N4O9. The molecule has 1 aliphatic rings. The zero-order valence-corrected chi connectivity index (χ0v) is 20.5. The highest BCUT2D eigenvalue weighted by Gasteiger charge is 2.37. The molecule has 200 valence electrons. The Morgan fingerprint density at radius 2 is 1.79 bits per heavy atom.